The highest BCUT2D eigenvalue weighted by Gasteiger charge is 2.09. The van der Waals surface area contributed by atoms with E-state index in [-0.39, 0.29) is 6.04 Å². The SMILES string of the molecule is COCC(N)c1sccc1I. The lowest BCUT2D eigenvalue weighted by Crippen LogP contribution is -2.15. The van der Waals surface area contributed by atoms with Gasteiger partial charge in [0.2, 0.25) is 0 Å². The largest absolute Gasteiger partial charge is 0.383 e. The molecule has 0 aliphatic carbocycles. The van der Waals surface area contributed by atoms with E-state index in [2.05, 4.69) is 28.7 Å². The second-order valence-electron chi connectivity index (χ2n) is 2.19. The molecule has 0 amide bonds. The summed E-state index contributed by atoms with van der Waals surface area (Å²) < 4.78 is 6.19. The first-order valence-electron chi connectivity index (χ1n) is 3.23. The van der Waals surface area contributed by atoms with Crippen LogP contribution in [0.4, 0.5) is 0 Å². The molecule has 2 nitrogen and oxygen atoms in total. The highest BCUT2D eigenvalue weighted by molar-refractivity contribution is 14.1. The molecule has 1 rings (SSSR count). The van der Waals surface area contributed by atoms with Gasteiger partial charge in [0.15, 0.2) is 0 Å². The molecule has 4 heteroatoms. The molecule has 0 saturated carbocycles. The Morgan fingerprint density at radius 2 is 2.55 bits per heavy atom. The first-order chi connectivity index (χ1) is 5.25. The summed E-state index contributed by atoms with van der Waals surface area (Å²) in [7, 11) is 1.67. The molecule has 1 heterocycles. The van der Waals surface area contributed by atoms with Crippen LogP contribution < -0.4 is 5.73 Å². The van der Waals surface area contributed by atoms with E-state index < -0.39 is 0 Å². The van der Waals surface area contributed by atoms with Crippen LogP contribution in [-0.4, -0.2) is 13.7 Å². The van der Waals surface area contributed by atoms with Crippen molar-refractivity contribution in [1.29, 1.82) is 0 Å². The van der Waals surface area contributed by atoms with Crippen molar-refractivity contribution in [3.8, 4) is 0 Å². The molecule has 1 aromatic rings. The Labute approximate surface area is 83.9 Å². The topological polar surface area (TPSA) is 35.2 Å². The molecule has 1 unspecified atom stereocenters. The minimum atomic E-state index is 0.0342. The number of methoxy groups -OCH3 is 1. The van der Waals surface area contributed by atoms with E-state index in [4.69, 9.17) is 10.5 Å². The van der Waals surface area contributed by atoms with E-state index >= 15 is 0 Å². The monoisotopic (exact) mass is 283 g/mol. The summed E-state index contributed by atoms with van der Waals surface area (Å²) in [5.41, 5.74) is 5.83. The van der Waals surface area contributed by atoms with Crippen molar-refractivity contribution in [2.75, 3.05) is 13.7 Å². The fraction of sp³-hybridized carbons (Fsp3) is 0.429. The Kier molecular flexibility index (Phi) is 3.77. The molecule has 0 bridgehead atoms. The van der Waals surface area contributed by atoms with Gasteiger partial charge in [0.1, 0.15) is 0 Å². The third-order valence-electron chi connectivity index (χ3n) is 1.33. The Hall–Kier alpha value is 0.350. The van der Waals surface area contributed by atoms with Crippen LogP contribution in [0.3, 0.4) is 0 Å². The lowest BCUT2D eigenvalue weighted by Gasteiger charge is -2.07. The molecule has 0 fully saturated rings. The van der Waals surface area contributed by atoms with Gasteiger partial charge in [-0.05, 0) is 34.0 Å². The van der Waals surface area contributed by atoms with Crippen molar-refractivity contribution in [3.05, 3.63) is 19.9 Å². The first kappa shape index (κ1) is 9.44. The summed E-state index contributed by atoms with van der Waals surface area (Å²) >= 11 is 3.97. The van der Waals surface area contributed by atoms with Crippen LogP contribution in [0.25, 0.3) is 0 Å². The fourth-order valence-electron chi connectivity index (χ4n) is 0.825. The number of rotatable bonds is 3. The van der Waals surface area contributed by atoms with Crippen LogP contribution in [-0.2, 0) is 4.74 Å². The average Bonchev–Trinajstić information content (AvgIpc) is 2.36. The number of thiophene rings is 1. The van der Waals surface area contributed by atoms with Gasteiger partial charge in [-0.15, -0.1) is 11.3 Å². The van der Waals surface area contributed by atoms with Crippen LogP contribution in [0.5, 0.6) is 0 Å². The van der Waals surface area contributed by atoms with Crippen molar-refractivity contribution in [2.45, 2.75) is 6.04 Å². The average molecular weight is 283 g/mol. The molecule has 1 aromatic heterocycles. The van der Waals surface area contributed by atoms with E-state index in [0.29, 0.717) is 6.61 Å². The number of hydrogen-bond donors (Lipinski definition) is 1. The van der Waals surface area contributed by atoms with Crippen molar-refractivity contribution < 1.29 is 4.74 Å². The van der Waals surface area contributed by atoms with Crippen molar-refractivity contribution >= 4 is 33.9 Å². The molecular weight excluding hydrogens is 273 g/mol. The minimum absolute atomic E-state index is 0.0342. The van der Waals surface area contributed by atoms with Crippen molar-refractivity contribution in [2.24, 2.45) is 5.73 Å². The maximum Gasteiger partial charge on any atom is 0.0663 e. The van der Waals surface area contributed by atoms with E-state index in [1.165, 1.54) is 8.45 Å². The second kappa shape index (κ2) is 4.39. The number of nitrogens with two attached hydrogens (primary N) is 1. The third kappa shape index (κ3) is 2.40. The van der Waals surface area contributed by atoms with Gasteiger partial charge in [-0.2, -0.15) is 0 Å². The summed E-state index contributed by atoms with van der Waals surface area (Å²) in [6.07, 6.45) is 0. The molecule has 1 atom stereocenters. The van der Waals surface area contributed by atoms with Gasteiger partial charge >= 0.3 is 0 Å². The summed E-state index contributed by atoms with van der Waals surface area (Å²) in [6.45, 7) is 0.594. The van der Waals surface area contributed by atoms with Gasteiger partial charge in [0.05, 0.1) is 12.6 Å². The lowest BCUT2D eigenvalue weighted by atomic mass is 10.3. The summed E-state index contributed by atoms with van der Waals surface area (Å²) in [5.74, 6) is 0. The summed E-state index contributed by atoms with van der Waals surface area (Å²) in [4.78, 5) is 1.22. The number of halogens is 1. The molecule has 2 N–H and O–H groups in total. The highest BCUT2D eigenvalue weighted by Crippen LogP contribution is 2.24. The normalized spacial score (nSPS) is 13.4. The summed E-state index contributed by atoms with van der Waals surface area (Å²) in [5, 5.41) is 2.05. The fourth-order valence-corrected chi connectivity index (χ4v) is 2.80. The van der Waals surface area contributed by atoms with E-state index in [1.807, 2.05) is 5.38 Å². The Morgan fingerprint density at radius 3 is 3.00 bits per heavy atom. The molecular formula is C7H10INOS. The van der Waals surface area contributed by atoms with Gasteiger partial charge in [0.25, 0.3) is 0 Å². The lowest BCUT2D eigenvalue weighted by molar-refractivity contribution is 0.181. The van der Waals surface area contributed by atoms with Gasteiger partial charge in [-0.25, -0.2) is 0 Å². The zero-order chi connectivity index (χ0) is 8.27. The van der Waals surface area contributed by atoms with E-state index in [0.717, 1.165) is 0 Å². The quantitative estimate of drug-likeness (QED) is 0.861. The van der Waals surface area contributed by atoms with E-state index in [9.17, 15) is 0 Å². The second-order valence-corrected chi connectivity index (χ2v) is 4.30. The van der Waals surface area contributed by atoms with Crippen LogP contribution in [0.2, 0.25) is 0 Å². The van der Waals surface area contributed by atoms with Gasteiger partial charge in [0, 0.05) is 15.6 Å². The smallest absolute Gasteiger partial charge is 0.0663 e. The standard InChI is InChI=1S/C7H10INOS/c1-10-4-6(9)7-5(8)2-3-11-7/h2-3,6H,4,9H2,1H3. The van der Waals surface area contributed by atoms with Crippen molar-refractivity contribution in [3.63, 3.8) is 0 Å². The van der Waals surface area contributed by atoms with Crippen LogP contribution >= 0.6 is 33.9 Å². The first-order valence-corrected chi connectivity index (χ1v) is 5.19. The molecule has 62 valence electrons. The van der Waals surface area contributed by atoms with Gasteiger partial charge in [-0.3, -0.25) is 0 Å². The Balaban J connectivity index is 2.67. The van der Waals surface area contributed by atoms with E-state index in [1.54, 1.807) is 18.4 Å². The predicted molar refractivity (Wildman–Crippen MR) is 55.8 cm³/mol. The number of hydrogen-bond acceptors (Lipinski definition) is 3. The Bertz CT molecular complexity index is 226. The molecule has 0 aliphatic rings. The molecule has 11 heavy (non-hydrogen) atoms. The molecule has 0 saturated heterocycles. The molecule has 0 aliphatic heterocycles. The zero-order valence-corrected chi connectivity index (χ0v) is 9.18. The van der Waals surface area contributed by atoms with Crippen LogP contribution in [0.1, 0.15) is 10.9 Å². The van der Waals surface area contributed by atoms with Crippen LogP contribution in [0.15, 0.2) is 11.4 Å². The third-order valence-corrected chi connectivity index (χ3v) is 3.68. The van der Waals surface area contributed by atoms with Crippen LogP contribution in [0, 0.1) is 3.57 Å². The maximum absolute atomic E-state index is 5.83. The summed E-state index contributed by atoms with van der Waals surface area (Å²) in [6, 6.07) is 2.10. The minimum Gasteiger partial charge on any atom is -0.383 e. The highest BCUT2D eigenvalue weighted by atomic mass is 127. The number of ether oxygens (including phenoxy) is 1. The molecule has 0 spiro atoms. The van der Waals surface area contributed by atoms with Gasteiger partial charge < -0.3 is 10.5 Å². The van der Waals surface area contributed by atoms with Crippen molar-refractivity contribution in [1.82, 2.24) is 0 Å². The Morgan fingerprint density at radius 1 is 1.82 bits per heavy atom. The predicted octanol–water partition coefficient (Wildman–Crippen LogP) is 2.00. The van der Waals surface area contributed by atoms with Gasteiger partial charge in [-0.1, -0.05) is 0 Å². The molecule has 0 radical (unpaired) electrons. The molecule has 0 aromatic carbocycles. The zero-order valence-electron chi connectivity index (χ0n) is 6.21. The maximum atomic E-state index is 5.83.